The molecule has 2 fully saturated rings. The van der Waals surface area contributed by atoms with Crippen LogP contribution in [0.4, 0.5) is 34.6 Å². The number of rotatable bonds is 17. The predicted molar refractivity (Wildman–Crippen MR) is 260 cm³/mol. The van der Waals surface area contributed by atoms with Crippen molar-refractivity contribution in [3.8, 4) is 11.5 Å². The number of aromatic amines is 1. The zero-order valence-corrected chi connectivity index (χ0v) is 40.2. The fourth-order valence-corrected chi connectivity index (χ4v) is 11.2. The van der Waals surface area contributed by atoms with E-state index < -0.39 is 43.7 Å². The van der Waals surface area contributed by atoms with Crippen LogP contribution < -0.4 is 15.0 Å². The molecule has 8 rings (SSSR count). The summed E-state index contributed by atoms with van der Waals surface area (Å²) in [5, 5.41) is 16.1. The molecule has 4 heterocycles. The number of benzene rings is 3. The predicted octanol–water partition coefficient (Wildman–Crippen LogP) is 10.9. The van der Waals surface area contributed by atoms with Crippen molar-refractivity contribution in [2.24, 2.45) is 11.3 Å². The maximum Gasteiger partial charge on any atom is 0.416 e. The van der Waals surface area contributed by atoms with Gasteiger partial charge in [-0.25, -0.2) is 17.8 Å². The van der Waals surface area contributed by atoms with Gasteiger partial charge in [0, 0.05) is 80.2 Å². The van der Waals surface area contributed by atoms with Crippen molar-refractivity contribution in [2.45, 2.75) is 63.4 Å². The number of hydrogen-bond acceptors (Lipinski definition) is 11. The molecule has 0 amide bonds. The second-order valence-corrected chi connectivity index (χ2v) is 21.5. The number of pyridine rings is 1. The molecule has 0 atom stereocenters. The Hall–Kier alpha value is -5.56. The highest BCUT2D eigenvalue weighted by Gasteiger charge is 2.34. The lowest BCUT2D eigenvalue weighted by Crippen LogP contribution is -2.47. The van der Waals surface area contributed by atoms with Gasteiger partial charge in [0.05, 0.1) is 27.1 Å². The van der Waals surface area contributed by atoms with Crippen molar-refractivity contribution in [1.29, 1.82) is 0 Å². The zero-order valence-electron chi connectivity index (χ0n) is 38.6. The van der Waals surface area contributed by atoms with Crippen LogP contribution in [0, 0.1) is 21.4 Å². The summed E-state index contributed by atoms with van der Waals surface area (Å²) < 4.78 is 87.3. The first-order chi connectivity index (χ1) is 32.9. The Morgan fingerprint density at radius 2 is 1.77 bits per heavy atom. The summed E-state index contributed by atoms with van der Waals surface area (Å²) in [6.45, 7) is 9.52. The molecule has 13 nitrogen and oxygen atoms in total. The lowest BCUT2D eigenvalue weighted by molar-refractivity contribution is -0.384. The molecular formula is C50H56ClF4N7O6S. The number of carbonyl (C=O) groups excluding carboxylic acids is 1. The summed E-state index contributed by atoms with van der Waals surface area (Å²) in [6.07, 6.45) is 3.68. The van der Waals surface area contributed by atoms with Crippen LogP contribution in [-0.4, -0.2) is 110 Å². The van der Waals surface area contributed by atoms with Crippen LogP contribution in [0.2, 0.25) is 5.02 Å². The van der Waals surface area contributed by atoms with Crippen molar-refractivity contribution >= 4 is 60.9 Å². The first-order valence-electron chi connectivity index (χ1n) is 23.2. The Morgan fingerprint density at radius 3 is 2.48 bits per heavy atom. The summed E-state index contributed by atoms with van der Waals surface area (Å²) in [6, 6.07) is 15.7. The fourth-order valence-electron chi connectivity index (χ4n) is 9.66. The Kier molecular flexibility index (Phi) is 15.0. The number of sulfone groups is 1. The van der Waals surface area contributed by atoms with Gasteiger partial charge >= 0.3 is 6.18 Å². The Labute approximate surface area is 403 Å². The number of nitrogens with zero attached hydrogens (tertiary/aromatic N) is 5. The average molecular weight is 995 g/mol. The SMILES string of the molecule is CC1(C)CCC(CN2CCN(c3ccc(C(=O)CS(=O)(=O)c4ccc(NCCC5CCN(CCF)CC5)c([N+](=O)[O-])c4)c(Oc4cnc5[nH]ccc5c4)c3)CC2)=C(c2ccc(C(F)(F)F)cc2Cl)C1. The highest BCUT2D eigenvalue weighted by Crippen LogP contribution is 2.46. The van der Waals surface area contributed by atoms with E-state index in [1.165, 1.54) is 30.5 Å². The number of nitrogens with one attached hydrogen (secondary N) is 2. The Bertz CT molecular complexity index is 2840. The molecule has 1 aliphatic carbocycles. The number of anilines is 2. The second kappa shape index (κ2) is 20.8. The van der Waals surface area contributed by atoms with Gasteiger partial charge < -0.3 is 24.8 Å². The van der Waals surface area contributed by atoms with Gasteiger partial charge in [-0.1, -0.05) is 37.1 Å². The van der Waals surface area contributed by atoms with Gasteiger partial charge in [-0.15, -0.1) is 0 Å². The number of fused-ring (bicyclic) bond motifs is 1. The van der Waals surface area contributed by atoms with Gasteiger partial charge in [0.25, 0.3) is 5.69 Å². The van der Waals surface area contributed by atoms with E-state index in [2.05, 4.69) is 43.8 Å². The van der Waals surface area contributed by atoms with Gasteiger partial charge in [0.2, 0.25) is 0 Å². The van der Waals surface area contributed by atoms with Crippen LogP contribution in [-0.2, 0) is 16.0 Å². The monoisotopic (exact) mass is 993 g/mol. The first-order valence-corrected chi connectivity index (χ1v) is 25.3. The Balaban J connectivity index is 0.976. The molecule has 2 N–H and O–H groups in total. The van der Waals surface area contributed by atoms with Gasteiger partial charge in [-0.2, -0.15) is 13.2 Å². The van der Waals surface area contributed by atoms with E-state index in [9.17, 15) is 40.9 Å². The number of alkyl halides is 4. The lowest BCUT2D eigenvalue weighted by Gasteiger charge is -2.39. The van der Waals surface area contributed by atoms with E-state index in [0.717, 1.165) is 85.6 Å². The molecule has 0 bridgehead atoms. The molecule has 2 aliphatic heterocycles. The van der Waals surface area contributed by atoms with Gasteiger partial charge in [0.15, 0.2) is 15.6 Å². The summed E-state index contributed by atoms with van der Waals surface area (Å²) in [5.74, 6) is -0.946. The van der Waals surface area contributed by atoms with Crippen molar-refractivity contribution < 1.29 is 40.4 Å². The van der Waals surface area contributed by atoms with Crippen molar-refractivity contribution in [3.05, 3.63) is 117 Å². The molecule has 2 aromatic heterocycles. The summed E-state index contributed by atoms with van der Waals surface area (Å²) in [5.41, 5.74) is 3.04. The lowest BCUT2D eigenvalue weighted by atomic mass is 9.72. The quantitative estimate of drug-likeness (QED) is 0.0396. The standard InChI is InChI=1S/C50H56ClF4N7O6S/c1-49(2)14-9-35(42(29-49)40-6-3-36(26-43(40)51)50(53,54)55)31-60-21-23-61(24-22-60)37-4-7-41(47(27-37)68-38-25-34-11-17-57-48(34)58-30-38)46(63)32-69(66,67)39-5-8-44(45(28-39)62(64)65)56-16-10-33-12-18-59(19-13-33)20-15-52/h3-8,11,17,25-28,30,33,56H,9-10,12-16,18-24,29,31-32H2,1-2H3,(H,57,58). The number of carbonyl (C=O) groups is 1. The maximum absolute atomic E-state index is 14.1. The van der Waals surface area contributed by atoms with Gasteiger partial charge in [0.1, 0.15) is 35.3 Å². The minimum Gasteiger partial charge on any atom is -0.455 e. The van der Waals surface area contributed by atoms with Crippen LogP contribution in [0.25, 0.3) is 16.6 Å². The van der Waals surface area contributed by atoms with E-state index >= 15 is 0 Å². The van der Waals surface area contributed by atoms with Gasteiger partial charge in [-0.05, 0) is 123 Å². The number of piperidine rings is 1. The fraction of sp³-hybridized carbons (Fsp3) is 0.440. The summed E-state index contributed by atoms with van der Waals surface area (Å²) in [4.78, 5) is 39.2. The van der Waals surface area contributed by atoms with E-state index in [1.807, 2.05) is 6.07 Å². The highest BCUT2D eigenvalue weighted by atomic mass is 35.5. The maximum atomic E-state index is 14.1. The molecule has 0 spiro atoms. The number of nitro groups is 1. The third-order valence-corrected chi connectivity index (χ3v) is 15.6. The van der Waals surface area contributed by atoms with Gasteiger partial charge in [-0.3, -0.25) is 19.8 Å². The number of likely N-dealkylation sites (tertiary alicyclic amines) is 1. The van der Waals surface area contributed by atoms with E-state index in [1.54, 1.807) is 24.4 Å². The number of ether oxygens (including phenoxy) is 1. The number of halogens is 5. The number of piperazine rings is 1. The van der Waals surface area contributed by atoms with Crippen LogP contribution in [0.3, 0.4) is 0 Å². The van der Waals surface area contributed by atoms with Crippen LogP contribution in [0.1, 0.15) is 73.9 Å². The number of allylic oxidation sites excluding steroid dienone is 1. The average Bonchev–Trinajstić information content (AvgIpc) is 3.78. The minimum absolute atomic E-state index is 0.0000528. The molecule has 368 valence electrons. The molecule has 0 unspecified atom stereocenters. The number of ketones is 1. The molecule has 5 aromatic rings. The number of aromatic nitrogens is 2. The molecule has 3 aromatic carbocycles. The molecular weight excluding hydrogens is 938 g/mol. The minimum atomic E-state index is -4.50. The molecule has 69 heavy (non-hydrogen) atoms. The summed E-state index contributed by atoms with van der Waals surface area (Å²) >= 11 is 6.54. The number of nitro benzene ring substituents is 1. The van der Waals surface area contributed by atoms with Crippen LogP contribution >= 0.6 is 11.6 Å². The molecule has 19 heteroatoms. The normalized spacial score (nSPS) is 17.6. The van der Waals surface area contributed by atoms with Crippen molar-refractivity contribution in [3.63, 3.8) is 0 Å². The largest absolute Gasteiger partial charge is 0.455 e. The topological polar surface area (TPSA) is 154 Å². The molecule has 3 aliphatic rings. The molecule has 2 saturated heterocycles. The van der Waals surface area contributed by atoms with Crippen LogP contribution in [0.15, 0.2) is 89.6 Å². The third-order valence-electron chi connectivity index (χ3n) is 13.6. The van der Waals surface area contributed by atoms with E-state index in [0.29, 0.717) is 75.1 Å². The number of hydrogen-bond donors (Lipinski definition) is 2. The van der Waals surface area contributed by atoms with Crippen LogP contribution in [0.5, 0.6) is 11.5 Å². The van der Waals surface area contributed by atoms with E-state index in [-0.39, 0.29) is 39.0 Å². The highest BCUT2D eigenvalue weighted by molar-refractivity contribution is 7.92. The van der Waals surface area contributed by atoms with Crippen molar-refractivity contribution in [2.75, 3.05) is 81.5 Å². The van der Waals surface area contributed by atoms with Crippen molar-refractivity contribution in [1.82, 2.24) is 19.8 Å². The smallest absolute Gasteiger partial charge is 0.416 e. The third kappa shape index (κ3) is 12.1. The molecule has 0 radical (unpaired) electrons. The summed E-state index contributed by atoms with van der Waals surface area (Å²) in [7, 11) is -4.38. The number of H-pyrrole nitrogens is 1. The van der Waals surface area contributed by atoms with E-state index in [4.69, 9.17) is 16.3 Å². The number of Topliss-reactive ketones (excluding diaryl/α,β-unsaturated/α-hetero) is 1. The zero-order chi connectivity index (χ0) is 49.1. The first kappa shape index (κ1) is 49.8. The molecule has 0 saturated carbocycles. The Morgan fingerprint density at radius 1 is 1.00 bits per heavy atom. The second-order valence-electron chi connectivity index (χ2n) is 19.1.